The Hall–Kier alpha value is -3.66. The van der Waals surface area contributed by atoms with E-state index in [-0.39, 0.29) is 11.8 Å². The van der Waals surface area contributed by atoms with E-state index in [1.807, 2.05) is 86.6 Å². The molecule has 0 radical (unpaired) electrons. The van der Waals surface area contributed by atoms with Crippen LogP contribution in [0.2, 0.25) is 0 Å². The predicted molar refractivity (Wildman–Crippen MR) is 121 cm³/mol. The van der Waals surface area contributed by atoms with Gasteiger partial charge in [-0.1, -0.05) is 61.0 Å². The topological polar surface area (TPSA) is 49.4 Å². The zero-order chi connectivity index (χ0) is 21.3. The van der Waals surface area contributed by atoms with Gasteiger partial charge in [0, 0.05) is 5.69 Å². The number of aryl methyl sites for hydroxylation is 3. The van der Waals surface area contributed by atoms with Gasteiger partial charge in [0.25, 0.3) is 11.8 Å². The third-order valence-corrected chi connectivity index (χ3v) is 5.38. The summed E-state index contributed by atoms with van der Waals surface area (Å²) in [5.74, 6) is -0.655. The van der Waals surface area contributed by atoms with E-state index in [1.54, 1.807) is 0 Å². The molecular weight excluding hydrogens is 372 g/mol. The highest BCUT2D eigenvalue weighted by Crippen LogP contribution is 2.35. The summed E-state index contributed by atoms with van der Waals surface area (Å²) in [6.45, 7) is 6.05. The van der Waals surface area contributed by atoms with Gasteiger partial charge >= 0.3 is 0 Å². The van der Waals surface area contributed by atoms with Crippen LogP contribution < -0.4 is 10.2 Å². The van der Waals surface area contributed by atoms with Crippen molar-refractivity contribution in [2.75, 3.05) is 10.2 Å². The molecule has 0 fully saturated rings. The standard InChI is InChI=1S/C26H24N2O2/c1-4-19-11-13-21(14-12-19)28-25(29)23(22-15-10-17(2)16-18(22)3)24(26(28)30)27-20-8-6-5-7-9-20/h5-16,27H,4H2,1-3H3. The number of hydrogen-bond donors (Lipinski definition) is 1. The monoisotopic (exact) mass is 396 g/mol. The number of para-hydroxylation sites is 1. The Morgan fingerprint density at radius 3 is 2.17 bits per heavy atom. The average molecular weight is 396 g/mol. The second kappa shape index (κ2) is 7.99. The molecule has 0 atom stereocenters. The van der Waals surface area contributed by atoms with Gasteiger partial charge in [-0.15, -0.1) is 0 Å². The van der Waals surface area contributed by atoms with Gasteiger partial charge in [-0.2, -0.15) is 0 Å². The molecular formula is C26H24N2O2. The zero-order valence-corrected chi connectivity index (χ0v) is 17.4. The lowest BCUT2D eigenvalue weighted by molar-refractivity contribution is -0.120. The second-order valence-corrected chi connectivity index (χ2v) is 7.53. The fraction of sp³-hybridized carbons (Fsp3) is 0.154. The molecule has 1 aliphatic heterocycles. The van der Waals surface area contributed by atoms with E-state index in [9.17, 15) is 9.59 Å². The summed E-state index contributed by atoms with van der Waals surface area (Å²) in [5.41, 5.74) is 6.04. The van der Waals surface area contributed by atoms with Crippen LogP contribution in [0.3, 0.4) is 0 Å². The molecule has 1 heterocycles. The third-order valence-electron chi connectivity index (χ3n) is 5.38. The first-order valence-corrected chi connectivity index (χ1v) is 10.1. The quantitative estimate of drug-likeness (QED) is 0.598. The van der Waals surface area contributed by atoms with Crippen LogP contribution >= 0.6 is 0 Å². The van der Waals surface area contributed by atoms with Crippen LogP contribution in [-0.4, -0.2) is 11.8 Å². The predicted octanol–water partition coefficient (Wildman–Crippen LogP) is 5.26. The summed E-state index contributed by atoms with van der Waals surface area (Å²) in [5, 5.41) is 3.20. The zero-order valence-electron chi connectivity index (χ0n) is 17.4. The molecule has 30 heavy (non-hydrogen) atoms. The lowest BCUT2D eigenvalue weighted by atomic mass is 9.97. The van der Waals surface area contributed by atoms with E-state index in [1.165, 1.54) is 4.90 Å². The van der Waals surface area contributed by atoms with Crippen LogP contribution in [0.15, 0.2) is 78.5 Å². The summed E-state index contributed by atoms with van der Waals surface area (Å²) in [6, 6.07) is 22.9. The van der Waals surface area contributed by atoms with Crippen LogP contribution in [0.4, 0.5) is 11.4 Å². The fourth-order valence-electron chi connectivity index (χ4n) is 3.77. The van der Waals surface area contributed by atoms with Crippen molar-refractivity contribution in [1.29, 1.82) is 0 Å². The SMILES string of the molecule is CCc1ccc(N2C(=O)C(Nc3ccccc3)=C(c3ccc(C)cc3C)C2=O)cc1. The molecule has 2 amide bonds. The molecule has 0 aliphatic carbocycles. The van der Waals surface area contributed by atoms with Crippen LogP contribution in [0.25, 0.3) is 5.57 Å². The lowest BCUT2D eigenvalue weighted by Crippen LogP contribution is -2.32. The highest BCUT2D eigenvalue weighted by Gasteiger charge is 2.40. The molecule has 150 valence electrons. The minimum absolute atomic E-state index is 0.303. The molecule has 0 bridgehead atoms. The summed E-state index contributed by atoms with van der Waals surface area (Å²) < 4.78 is 0. The van der Waals surface area contributed by atoms with Crippen molar-refractivity contribution in [3.05, 3.63) is 101 Å². The van der Waals surface area contributed by atoms with Gasteiger partial charge in [0.1, 0.15) is 5.70 Å². The smallest absolute Gasteiger partial charge is 0.282 e. The molecule has 0 aromatic heterocycles. The van der Waals surface area contributed by atoms with E-state index >= 15 is 0 Å². The van der Waals surface area contributed by atoms with Crippen molar-refractivity contribution in [3.63, 3.8) is 0 Å². The number of imide groups is 1. The number of rotatable bonds is 5. The maximum absolute atomic E-state index is 13.5. The Morgan fingerprint density at radius 1 is 0.833 bits per heavy atom. The number of carbonyl (C=O) groups is 2. The number of nitrogens with one attached hydrogen (secondary N) is 1. The van der Waals surface area contributed by atoms with Crippen molar-refractivity contribution < 1.29 is 9.59 Å². The maximum Gasteiger partial charge on any atom is 0.282 e. The summed E-state index contributed by atoms with van der Waals surface area (Å²) >= 11 is 0. The van der Waals surface area contributed by atoms with Gasteiger partial charge in [0.2, 0.25) is 0 Å². The summed E-state index contributed by atoms with van der Waals surface area (Å²) in [6.07, 6.45) is 0.898. The highest BCUT2D eigenvalue weighted by molar-refractivity contribution is 6.46. The van der Waals surface area contributed by atoms with Gasteiger partial charge in [-0.25, -0.2) is 4.90 Å². The molecule has 1 N–H and O–H groups in total. The molecule has 4 rings (SSSR count). The lowest BCUT2D eigenvalue weighted by Gasteiger charge is -2.16. The molecule has 4 heteroatoms. The van der Waals surface area contributed by atoms with Crippen LogP contribution in [0.5, 0.6) is 0 Å². The fourth-order valence-corrected chi connectivity index (χ4v) is 3.77. The van der Waals surface area contributed by atoms with Crippen molar-refractivity contribution in [1.82, 2.24) is 0 Å². The van der Waals surface area contributed by atoms with Gasteiger partial charge < -0.3 is 5.32 Å². The van der Waals surface area contributed by atoms with Crippen molar-refractivity contribution >= 4 is 28.8 Å². The Bertz CT molecular complexity index is 1150. The van der Waals surface area contributed by atoms with E-state index in [2.05, 4.69) is 12.2 Å². The Kier molecular flexibility index (Phi) is 5.23. The maximum atomic E-state index is 13.5. The molecule has 0 saturated heterocycles. The Balaban J connectivity index is 1.83. The normalized spacial score (nSPS) is 13.9. The number of hydrogen-bond acceptors (Lipinski definition) is 3. The molecule has 3 aromatic rings. The van der Waals surface area contributed by atoms with E-state index < -0.39 is 0 Å². The number of amides is 2. The first kappa shape index (κ1) is 19.6. The molecule has 0 saturated carbocycles. The summed E-state index contributed by atoms with van der Waals surface area (Å²) in [7, 11) is 0. The molecule has 0 unspecified atom stereocenters. The van der Waals surface area contributed by atoms with E-state index in [0.29, 0.717) is 17.0 Å². The van der Waals surface area contributed by atoms with Crippen molar-refractivity contribution in [3.8, 4) is 0 Å². The van der Waals surface area contributed by atoms with Gasteiger partial charge in [-0.3, -0.25) is 9.59 Å². The van der Waals surface area contributed by atoms with Crippen LogP contribution in [0, 0.1) is 13.8 Å². The minimum atomic E-state index is -0.344. The van der Waals surface area contributed by atoms with Crippen LogP contribution in [0.1, 0.15) is 29.2 Å². The van der Waals surface area contributed by atoms with Crippen molar-refractivity contribution in [2.45, 2.75) is 27.2 Å². The molecule has 1 aliphatic rings. The minimum Gasteiger partial charge on any atom is -0.350 e. The van der Waals surface area contributed by atoms with Crippen LogP contribution in [-0.2, 0) is 16.0 Å². The molecule has 0 spiro atoms. The number of nitrogens with zero attached hydrogens (tertiary/aromatic N) is 1. The second-order valence-electron chi connectivity index (χ2n) is 7.53. The number of benzene rings is 3. The summed E-state index contributed by atoms with van der Waals surface area (Å²) in [4.78, 5) is 28.2. The molecule has 3 aromatic carbocycles. The van der Waals surface area contributed by atoms with E-state index in [0.717, 1.165) is 34.4 Å². The Morgan fingerprint density at radius 2 is 1.53 bits per heavy atom. The highest BCUT2D eigenvalue weighted by atomic mass is 16.2. The van der Waals surface area contributed by atoms with E-state index in [4.69, 9.17) is 0 Å². The van der Waals surface area contributed by atoms with Gasteiger partial charge in [0.15, 0.2) is 0 Å². The molecule has 4 nitrogen and oxygen atoms in total. The average Bonchev–Trinajstić information content (AvgIpc) is 2.99. The first-order valence-electron chi connectivity index (χ1n) is 10.1. The van der Waals surface area contributed by atoms with Crippen molar-refractivity contribution in [2.24, 2.45) is 0 Å². The van der Waals surface area contributed by atoms with Gasteiger partial charge in [0.05, 0.1) is 11.3 Å². The largest absolute Gasteiger partial charge is 0.350 e. The first-order chi connectivity index (χ1) is 14.5. The van der Waals surface area contributed by atoms with Gasteiger partial charge in [-0.05, 0) is 61.2 Å². The number of anilines is 2. The third kappa shape index (κ3) is 3.52. The number of carbonyl (C=O) groups excluding carboxylic acids is 2. The Labute approximate surface area is 176 Å².